The van der Waals surface area contributed by atoms with Crippen molar-refractivity contribution < 1.29 is 33.4 Å². The third kappa shape index (κ3) is 6.44. The van der Waals surface area contributed by atoms with Gasteiger partial charge in [-0.1, -0.05) is 6.08 Å². The number of carbonyl (C=O) groups is 5. The van der Waals surface area contributed by atoms with Crippen LogP contribution < -0.4 is 5.32 Å². The predicted octanol–water partition coefficient (Wildman–Crippen LogP) is 1.92. The fourth-order valence-corrected chi connectivity index (χ4v) is 5.47. The van der Waals surface area contributed by atoms with Crippen molar-refractivity contribution in [3.63, 3.8) is 0 Å². The van der Waals surface area contributed by atoms with Gasteiger partial charge in [0, 0.05) is 57.1 Å². The summed E-state index contributed by atoms with van der Waals surface area (Å²) in [6.07, 6.45) is 5.73. The monoisotopic (exact) mass is 505 g/mol. The molecule has 3 rings (SSSR count). The molecule has 36 heavy (non-hydrogen) atoms. The highest BCUT2D eigenvalue weighted by Gasteiger charge is 2.54. The Morgan fingerprint density at radius 1 is 1.11 bits per heavy atom. The zero-order valence-electron chi connectivity index (χ0n) is 21.5. The van der Waals surface area contributed by atoms with Crippen LogP contribution >= 0.6 is 0 Å². The first-order chi connectivity index (χ1) is 17.3. The molecule has 0 aliphatic carbocycles. The Hall–Kier alpha value is -2.91. The largest absolute Gasteiger partial charge is 0.466 e. The minimum atomic E-state index is -1.18. The molecule has 0 saturated carbocycles. The smallest absolute Gasteiger partial charge is 0.318 e. The first-order valence-electron chi connectivity index (χ1n) is 13.2. The lowest BCUT2D eigenvalue weighted by atomic mass is 9.67. The lowest BCUT2D eigenvalue weighted by Gasteiger charge is -2.47. The topological polar surface area (TPSA) is 122 Å². The number of carbonyl (C=O) groups excluding carboxylic acids is 5. The summed E-state index contributed by atoms with van der Waals surface area (Å²) in [5.41, 5.74) is -0.591. The fourth-order valence-electron chi connectivity index (χ4n) is 5.47. The van der Waals surface area contributed by atoms with Crippen LogP contribution in [0.25, 0.3) is 0 Å². The summed E-state index contributed by atoms with van der Waals surface area (Å²) in [6, 6.07) is 0. The van der Waals surface area contributed by atoms with Crippen molar-refractivity contribution in [2.24, 2.45) is 11.3 Å². The number of likely N-dealkylation sites (tertiary alicyclic amines) is 1. The number of hydrogen-bond acceptors (Lipinski definition) is 7. The van der Waals surface area contributed by atoms with Gasteiger partial charge in [0.2, 0.25) is 17.7 Å². The van der Waals surface area contributed by atoms with Gasteiger partial charge in [0.15, 0.2) is 0 Å². The number of hydrogen-bond donors (Lipinski definition) is 1. The fraction of sp³-hybridized carbons (Fsp3) is 0.731. The van der Waals surface area contributed by atoms with E-state index < -0.39 is 23.3 Å². The van der Waals surface area contributed by atoms with Gasteiger partial charge in [-0.2, -0.15) is 0 Å². The number of rotatable bonds is 12. The zero-order chi connectivity index (χ0) is 26.1. The van der Waals surface area contributed by atoms with E-state index in [1.54, 1.807) is 23.6 Å². The molecule has 10 nitrogen and oxygen atoms in total. The van der Waals surface area contributed by atoms with Crippen LogP contribution in [-0.4, -0.2) is 78.9 Å². The number of piperidine rings is 1. The summed E-state index contributed by atoms with van der Waals surface area (Å²) in [5, 5.41) is 2.86. The molecule has 10 heteroatoms. The first kappa shape index (κ1) is 27.7. The number of fused-ring (bicyclic) bond motifs is 1. The van der Waals surface area contributed by atoms with Crippen molar-refractivity contribution >= 4 is 29.7 Å². The van der Waals surface area contributed by atoms with Crippen LogP contribution in [0.15, 0.2) is 11.8 Å². The molecule has 3 aliphatic rings. The van der Waals surface area contributed by atoms with Crippen molar-refractivity contribution in [1.29, 1.82) is 0 Å². The summed E-state index contributed by atoms with van der Waals surface area (Å²) >= 11 is 0. The molecule has 0 aromatic carbocycles. The van der Waals surface area contributed by atoms with E-state index in [4.69, 9.17) is 9.47 Å². The molecule has 0 aromatic heterocycles. The Bertz CT molecular complexity index is 887. The van der Waals surface area contributed by atoms with Crippen molar-refractivity contribution in [2.75, 3.05) is 39.4 Å². The summed E-state index contributed by atoms with van der Waals surface area (Å²) in [5.74, 6) is -1.87. The lowest BCUT2D eigenvalue weighted by molar-refractivity contribution is -0.162. The second kappa shape index (κ2) is 12.9. The molecule has 0 radical (unpaired) electrons. The minimum absolute atomic E-state index is 0.0140. The van der Waals surface area contributed by atoms with Crippen molar-refractivity contribution in [3.8, 4) is 0 Å². The Morgan fingerprint density at radius 3 is 2.58 bits per heavy atom. The van der Waals surface area contributed by atoms with Crippen molar-refractivity contribution in [2.45, 2.75) is 71.6 Å². The zero-order valence-corrected chi connectivity index (χ0v) is 21.5. The molecule has 0 bridgehead atoms. The first-order valence-corrected chi connectivity index (χ1v) is 13.2. The molecule has 3 amide bonds. The Balaban J connectivity index is 1.70. The Labute approximate surface area is 212 Å². The number of amides is 3. The second-order valence-corrected chi connectivity index (χ2v) is 9.62. The van der Waals surface area contributed by atoms with Crippen molar-refractivity contribution in [3.05, 3.63) is 11.8 Å². The molecule has 1 N–H and O–H groups in total. The van der Waals surface area contributed by atoms with E-state index in [9.17, 15) is 24.0 Å². The SMILES string of the molecule is CCOC(=O)CC[C@@]1(C(=O)OCC)C[C@@H](CC(=O)NCCCN2CCCC2=O)C(=O)N2CCCC=C21. The van der Waals surface area contributed by atoms with Crippen LogP contribution in [0.2, 0.25) is 0 Å². The van der Waals surface area contributed by atoms with E-state index in [0.717, 1.165) is 25.8 Å². The van der Waals surface area contributed by atoms with Gasteiger partial charge in [0.1, 0.15) is 5.41 Å². The summed E-state index contributed by atoms with van der Waals surface area (Å²) in [6.45, 7) is 6.09. The van der Waals surface area contributed by atoms with E-state index in [1.807, 2.05) is 6.08 Å². The van der Waals surface area contributed by atoms with E-state index in [0.29, 0.717) is 38.2 Å². The average molecular weight is 506 g/mol. The van der Waals surface area contributed by atoms with Crippen LogP contribution in [0.3, 0.4) is 0 Å². The van der Waals surface area contributed by atoms with Gasteiger partial charge in [-0.3, -0.25) is 24.0 Å². The molecule has 0 unspecified atom stereocenters. The average Bonchev–Trinajstić information content (AvgIpc) is 3.27. The van der Waals surface area contributed by atoms with Crippen LogP contribution in [0, 0.1) is 11.3 Å². The molecular formula is C26H39N3O7. The number of esters is 2. The van der Waals surface area contributed by atoms with Crippen LogP contribution in [0.4, 0.5) is 0 Å². The van der Waals surface area contributed by atoms with Gasteiger partial charge in [-0.15, -0.1) is 0 Å². The second-order valence-electron chi connectivity index (χ2n) is 9.62. The maximum atomic E-state index is 13.4. The lowest BCUT2D eigenvalue weighted by Crippen LogP contribution is -2.54. The molecule has 2 fully saturated rings. The van der Waals surface area contributed by atoms with E-state index >= 15 is 0 Å². The maximum absolute atomic E-state index is 13.4. The van der Waals surface area contributed by atoms with E-state index in [-0.39, 0.29) is 56.6 Å². The third-order valence-electron chi connectivity index (χ3n) is 7.17. The normalized spacial score (nSPS) is 23.7. The highest BCUT2D eigenvalue weighted by atomic mass is 16.5. The minimum Gasteiger partial charge on any atom is -0.466 e. The molecule has 0 spiro atoms. The Kier molecular flexibility index (Phi) is 9.89. The number of nitrogens with zero attached hydrogens (tertiary/aromatic N) is 2. The van der Waals surface area contributed by atoms with Crippen LogP contribution in [0.5, 0.6) is 0 Å². The molecule has 3 heterocycles. The van der Waals surface area contributed by atoms with E-state index in [1.165, 1.54) is 0 Å². The molecular weight excluding hydrogens is 466 g/mol. The summed E-state index contributed by atoms with van der Waals surface area (Å²) in [7, 11) is 0. The quantitative estimate of drug-likeness (QED) is 0.318. The number of nitrogens with one attached hydrogen (secondary N) is 1. The predicted molar refractivity (Wildman–Crippen MR) is 130 cm³/mol. The van der Waals surface area contributed by atoms with Gasteiger partial charge in [0.05, 0.1) is 13.2 Å². The van der Waals surface area contributed by atoms with Gasteiger partial charge in [-0.25, -0.2) is 0 Å². The van der Waals surface area contributed by atoms with Gasteiger partial charge in [-0.05, 0) is 52.4 Å². The molecule has 2 atom stereocenters. The van der Waals surface area contributed by atoms with Gasteiger partial charge in [0.25, 0.3) is 0 Å². The summed E-state index contributed by atoms with van der Waals surface area (Å²) in [4.78, 5) is 66.8. The van der Waals surface area contributed by atoms with Gasteiger partial charge >= 0.3 is 11.9 Å². The highest BCUT2D eigenvalue weighted by molar-refractivity contribution is 5.92. The van der Waals surface area contributed by atoms with Gasteiger partial charge < -0.3 is 24.6 Å². The molecule has 2 saturated heterocycles. The van der Waals surface area contributed by atoms with E-state index in [2.05, 4.69) is 5.32 Å². The molecule has 3 aliphatic heterocycles. The Morgan fingerprint density at radius 2 is 1.89 bits per heavy atom. The van der Waals surface area contributed by atoms with Crippen LogP contribution in [-0.2, 0) is 33.4 Å². The maximum Gasteiger partial charge on any atom is 0.318 e. The standard InChI is InChI=1S/C26H39N3O7/c1-3-35-23(32)11-12-26(25(34)36-4-2)18-19(24(33)29-16-6-5-9-20(26)29)17-21(30)27-13-8-15-28-14-7-10-22(28)31/h9,19H,3-8,10-18H2,1-2H3,(H,27,30)/t19-,26-/m1/s1. The van der Waals surface area contributed by atoms with Crippen LogP contribution in [0.1, 0.15) is 71.6 Å². The highest BCUT2D eigenvalue weighted by Crippen LogP contribution is 2.49. The third-order valence-corrected chi connectivity index (χ3v) is 7.17. The number of allylic oxidation sites excluding steroid dienone is 1. The number of ether oxygens (including phenoxy) is 2. The summed E-state index contributed by atoms with van der Waals surface area (Å²) < 4.78 is 10.5. The molecule has 200 valence electrons. The molecule has 0 aromatic rings. The van der Waals surface area contributed by atoms with Crippen molar-refractivity contribution in [1.82, 2.24) is 15.1 Å².